The Balaban J connectivity index is 1.31. The number of carbonyl (C=O) groups excluding carboxylic acids is 1. The van der Waals surface area contributed by atoms with Gasteiger partial charge in [-0.05, 0) is 43.9 Å². The summed E-state index contributed by atoms with van der Waals surface area (Å²) in [7, 11) is 1.83. The number of hydrogen-bond donors (Lipinski definition) is 2. The van der Waals surface area contributed by atoms with Crippen LogP contribution in [0.5, 0.6) is 0 Å². The first-order valence-electron chi connectivity index (χ1n) is 11.5. The smallest absolute Gasteiger partial charge is 0.317 e. The molecule has 9 nitrogen and oxygen atoms in total. The number of aryl methyl sites for hydroxylation is 1. The van der Waals surface area contributed by atoms with Gasteiger partial charge in [-0.1, -0.05) is 11.6 Å². The molecule has 1 aromatic carbocycles. The van der Waals surface area contributed by atoms with Crippen molar-refractivity contribution in [1.29, 1.82) is 0 Å². The van der Waals surface area contributed by atoms with Crippen molar-refractivity contribution < 1.29 is 13.9 Å². The third-order valence-corrected chi connectivity index (χ3v) is 6.64. The number of fused-ring (bicyclic) bond motifs is 1. The molecule has 2 aromatic heterocycles. The first-order valence-corrected chi connectivity index (χ1v) is 11.9. The predicted octanol–water partition coefficient (Wildman–Crippen LogP) is 3.59. The number of nitrogens with one attached hydrogen (secondary N) is 2. The molecule has 1 saturated carbocycles. The summed E-state index contributed by atoms with van der Waals surface area (Å²) in [5.74, 6) is -0.0674. The molecule has 1 aliphatic heterocycles. The van der Waals surface area contributed by atoms with Gasteiger partial charge in [-0.2, -0.15) is 5.10 Å². The average molecular weight is 488 g/mol. The van der Waals surface area contributed by atoms with E-state index in [1.807, 2.05) is 19.2 Å². The lowest BCUT2D eigenvalue weighted by Gasteiger charge is -2.33. The normalized spacial score (nSPS) is 21.0. The van der Waals surface area contributed by atoms with Crippen LogP contribution in [0.3, 0.4) is 0 Å². The van der Waals surface area contributed by atoms with Crippen molar-refractivity contribution in [1.82, 2.24) is 30.0 Å². The van der Waals surface area contributed by atoms with Crippen LogP contribution in [-0.4, -0.2) is 69.1 Å². The number of halogens is 2. The van der Waals surface area contributed by atoms with Crippen LogP contribution in [-0.2, 0) is 11.8 Å². The Kier molecular flexibility index (Phi) is 6.51. The van der Waals surface area contributed by atoms with E-state index in [2.05, 4.69) is 25.7 Å². The maximum absolute atomic E-state index is 14.7. The molecule has 3 heterocycles. The zero-order valence-electron chi connectivity index (χ0n) is 18.9. The monoisotopic (exact) mass is 487 g/mol. The molecule has 5 rings (SSSR count). The van der Waals surface area contributed by atoms with Crippen LogP contribution in [0.15, 0.2) is 24.4 Å². The molecule has 2 atom stereocenters. The SMILES string of the molecule is Cn1nc(-c2ncc(F)c(N[C@H]3CCC[C@@H](NC(=O)N4CCOCC4)C3)n2)c2cc(Cl)ccc21. The number of urea groups is 1. The fourth-order valence-corrected chi connectivity index (χ4v) is 4.84. The van der Waals surface area contributed by atoms with Crippen molar-refractivity contribution in [2.45, 2.75) is 37.8 Å². The van der Waals surface area contributed by atoms with Gasteiger partial charge in [0.05, 0.1) is 24.9 Å². The summed E-state index contributed by atoms with van der Waals surface area (Å²) in [5.41, 5.74) is 1.43. The highest BCUT2D eigenvalue weighted by molar-refractivity contribution is 6.31. The van der Waals surface area contributed by atoms with Gasteiger partial charge in [-0.25, -0.2) is 19.2 Å². The molecule has 0 unspecified atom stereocenters. The highest BCUT2D eigenvalue weighted by Crippen LogP contribution is 2.29. The lowest BCUT2D eigenvalue weighted by atomic mass is 9.91. The van der Waals surface area contributed by atoms with Gasteiger partial charge in [0, 0.05) is 42.6 Å². The predicted molar refractivity (Wildman–Crippen MR) is 127 cm³/mol. The van der Waals surface area contributed by atoms with Crippen LogP contribution in [0.4, 0.5) is 15.0 Å². The van der Waals surface area contributed by atoms with E-state index in [0.29, 0.717) is 49.3 Å². The van der Waals surface area contributed by atoms with Crippen LogP contribution in [0, 0.1) is 5.82 Å². The zero-order valence-corrected chi connectivity index (χ0v) is 19.7. The van der Waals surface area contributed by atoms with E-state index in [9.17, 15) is 9.18 Å². The lowest BCUT2D eigenvalue weighted by Crippen LogP contribution is -2.51. The summed E-state index contributed by atoms with van der Waals surface area (Å²) in [6.07, 6.45) is 4.54. The molecule has 34 heavy (non-hydrogen) atoms. The first-order chi connectivity index (χ1) is 16.5. The average Bonchev–Trinajstić information content (AvgIpc) is 3.16. The van der Waals surface area contributed by atoms with E-state index in [1.54, 1.807) is 15.6 Å². The number of benzene rings is 1. The zero-order chi connectivity index (χ0) is 23.7. The second-order valence-corrected chi connectivity index (χ2v) is 9.21. The fraction of sp³-hybridized carbons (Fsp3) is 0.478. The topological polar surface area (TPSA) is 97.2 Å². The number of morpholine rings is 1. The Bertz CT molecular complexity index is 1200. The van der Waals surface area contributed by atoms with E-state index < -0.39 is 5.82 Å². The summed E-state index contributed by atoms with van der Waals surface area (Å²) in [4.78, 5) is 23.0. The number of anilines is 1. The van der Waals surface area contributed by atoms with Gasteiger partial charge >= 0.3 is 6.03 Å². The summed E-state index contributed by atoms with van der Waals surface area (Å²) in [6, 6.07) is 5.42. The molecule has 0 spiro atoms. The molecule has 2 amide bonds. The lowest BCUT2D eigenvalue weighted by molar-refractivity contribution is 0.0521. The summed E-state index contributed by atoms with van der Waals surface area (Å²) < 4.78 is 21.7. The Labute approximate surface area is 201 Å². The molecule has 3 aromatic rings. The molecule has 180 valence electrons. The van der Waals surface area contributed by atoms with Gasteiger partial charge in [0.2, 0.25) is 0 Å². The van der Waals surface area contributed by atoms with E-state index in [0.717, 1.165) is 36.4 Å². The van der Waals surface area contributed by atoms with Gasteiger partial charge in [0.25, 0.3) is 0 Å². The minimum Gasteiger partial charge on any atom is -0.378 e. The summed E-state index contributed by atoms with van der Waals surface area (Å²) in [5, 5.41) is 12.3. The van der Waals surface area contributed by atoms with Crippen molar-refractivity contribution in [2.24, 2.45) is 7.05 Å². The number of rotatable bonds is 4. The third kappa shape index (κ3) is 4.78. The van der Waals surface area contributed by atoms with Crippen LogP contribution in [0.1, 0.15) is 25.7 Å². The molecule has 1 aliphatic carbocycles. The van der Waals surface area contributed by atoms with Crippen molar-refractivity contribution in [3.05, 3.63) is 35.2 Å². The van der Waals surface area contributed by atoms with E-state index >= 15 is 0 Å². The van der Waals surface area contributed by atoms with Crippen LogP contribution in [0.2, 0.25) is 5.02 Å². The number of amides is 2. The Morgan fingerprint density at radius 2 is 2.03 bits per heavy atom. The molecule has 0 bridgehead atoms. The van der Waals surface area contributed by atoms with E-state index in [4.69, 9.17) is 16.3 Å². The third-order valence-electron chi connectivity index (χ3n) is 6.41. The molecule has 2 aliphatic rings. The highest BCUT2D eigenvalue weighted by Gasteiger charge is 2.27. The minimum absolute atomic E-state index is 0.0177. The first kappa shape index (κ1) is 22.8. The second kappa shape index (κ2) is 9.71. The maximum Gasteiger partial charge on any atom is 0.317 e. The Morgan fingerprint density at radius 1 is 1.24 bits per heavy atom. The maximum atomic E-state index is 14.7. The number of carbonyl (C=O) groups is 1. The molecule has 1 saturated heterocycles. The fourth-order valence-electron chi connectivity index (χ4n) is 4.66. The van der Waals surface area contributed by atoms with E-state index in [1.165, 1.54) is 0 Å². The van der Waals surface area contributed by atoms with Gasteiger partial charge < -0.3 is 20.3 Å². The number of nitrogens with zero attached hydrogens (tertiary/aromatic N) is 5. The number of ether oxygens (including phenoxy) is 1. The minimum atomic E-state index is -0.526. The standard InChI is InChI=1S/C23H27ClFN7O2/c1-31-19-6-5-14(24)11-17(19)20(30-31)22-26-13-18(25)21(29-22)27-15-3-2-4-16(12-15)28-23(33)32-7-9-34-10-8-32/h5-6,11,13,15-16H,2-4,7-10,12H2,1H3,(H,28,33)(H,26,27,29)/t15-,16+/m0/s1. The highest BCUT2D eigenvalue weighted by atomic mass is 35.5. The van der Waals surface area contributed by atoms with Gasteiger partial charge in [0.15, 0.2) is 17.5 Å². The van der Waals surface area contributed by atoms with Gasteiger partial charge in [-0.15, -0.1) is 0 Å². The van der Waals surface area contributed by atoms with Crippen LogP contribution >= 0.6 is 11.6 Å². The molecule has 2 fully saturated rings. The molecule has 0 radical (unpaired) electrons. The Hall–Kier alpha value is -2.98. The quantitative estimate of drug-likeness (QED) is 0.583. The number of hydrogen-bond acceptors (Lipinski definition) is 6. The van der Waals surface area contributed by atoms with Crippen LogP contribution in [0.25, 0.3) is 22.4 Å². The largest absolute Gasteiger partial charge is 0.378 e. The number of aromatic nitrogens is 4. The van der Waals surface area contributed by atoms with E-state index in [-0.39, 0.29) is 23.9 Å². The van der Waals surface area contributed by atoms with Crippen LogP contribution < -0.4 is 10.6 Å². The van der Waals surface area contributed by atoms with Gasteiger partial charge in [-0.3, -0.25) is 4.68 Å². The molecule has 2 N–H and O–H groups in total. The van der Waals surface area contributed by atoms with Crippen molar-refractivity contribution in [3.63, 3.8) is 0 Å². The Morgan fingerprint density at radius 3 is 2.85 bits per heavy atom. The van der Waals surface area contributed by atoms with Crippen molar-refractivity contribution in [2.75, 3.05) is 31.6 Å². The molecular weight excluding hydrogens is 461 g/mol. The summed E-state index contributed by atoms with van der Waals surface area (Å²) in [6.45, 7) is 2.33. The van der Waals surface area contributed by atoms with Crippen molar-refractivity contribution in [3.8, 4) is 11.5 Å². The molecular formula is C23H27ClFN7O2. The summed E-state index contributed by atoms with van der Waals surface area (Å²) >= 11 is 6.18. The van der Waals surface area contributed by atoms with Crippen molar-refractivity contribution >= 4 is 34.4 Å². The molecule has 11 heteroatoms. The second-order valence-electron chi connectivity index (χ2n) is 8.78. The van der Waals surface area contributed by atoms with Gasteiger partial charge in [0.1, 0.15) is 5.69 Å².